The lowest BCUT2D eigenvalue weighted by atomic mass is 10.1. The molecular weight excluding hydrogens is 355 g/mol. The molecule has 2 atom stereocenters. The van der Waals surface area contributed by atoms with Gasteiger partial charge in [-0.25, -0.2) is 0 Å². The van der Waals surface area contributed by atoms with Crippen molar-refractivity contribution in [1.82, 2.24) is 20.1 Å². The van der Waals surface area contributed by atoms with E-state index in [1.807, 2.05) is 31.4 Å². The molecule has 8 heteroatoms. The van der Waals surface area contributed by atoms with Crippen molar-refractivity contribution in [1.29, 1.82) is 0 Å². The van der Waals surface area contributed by atoms with Gasteiger partial charge in [0.05, 0.1) is 11.3 Å². The third-order valence-corrected chi connectivity index (χ3v) is 5.02. The largest absolute Gasteiger partial charge is 0.349 e. The highest BCUT2D eigenvalue weighted by Gasteiger charge is 2.20. The molecule has 0 radical (unpaired) electrons. The molecule has 0 bridgehead atoms. The van der Waals surface area contributed by atoms with Crippen molar-refractivity contribution < 1.29 is 4.79 Å². The van der Waals surface area contributed by atoms with Gasteiger partial charge in [-0.05, 0) is 38.5 Å². The quantitative estimate of drug-likeness (QED) is 0.779. The van der Waals surface area contributed by atoms with Gasteiger partial charge >= 0.3 is 0 Å². The predicted octanol–water partition coefficient (Wildman–Crippen LogP) is 3.96. The first-order valence-electron chi connectivity index (χ1n) is 7.22. The van der Waals surface area contributed by atoms with Crippen LogP contribution in [0.5, 0.6) is 0 Å². The molecule has 0 fully saturated rings. The standard InChI is InChI=1S/C15H18Cl2N4OS/c1-4-21-8-18-20-15(21)23-10(3)14(22)19-9(2)12-6-5-11(16)7-13(12)17/h5-10H,4H2,1-3H3,(H,19,22)/t9-,10+/m0/s1. The zero-order valence-electron chi connectivity index (χ0n) is 13.1. The zero-order valence-corrected chi connectivity index (χ0v) is 15.4. The summed E-state index contributed by atoms with van der Waals surface area (Å²) in [5.41, 5.74) is 0.832. The molecule has 0 spiro atoms. The van der Waals surface area contributed by atoms with Gasteiger partial charge in [-0.15, -0.1) is 10.2 Å². The average Bonchev–Trinajstić information content (AvgIpc) is 2.94. The summed E-state index contributed by atoms with van der Waals surface area (Å²) < 4.78 is 1.90. The van der Waals surface area contributed by atoms with E-state index in [0.29, 0.717) is 10.0 Å². The smallest absolute Gasteiger partial charge is 0.233 e. The highest BCUT2D eigenvalue weighted by atomic mass is 35.5. The van der Waals surface area contributed by atoms with E-state index in [9.17, 15) is 4.79 Å². The van der Waals surface area contributed by atoms with Gasteiger partial charge in [0.1, 0.15) is 6.33 Å². The number of rotatable bonds is 6. The Kier molecular flexibility index (Phi) is 6.33. The molecule has 1 heterocycles. The lowest BCUT2D eigenvalue weighted by Gasteiger charge is -2.18. The van der Waals surface area contributed by atoms with Crippen molar-refractivity contribution in [3.63, 3.8) is 0 Å². The Bertz CT molecular complexity index is 692. The number of nitrogens with zero attached hydrogens (tertiary/aromatic N) is 3. The molecule has 1 aromatic carbocycles. The Morgan fingerprint density at radius 2 is 2.13 bits per heavy atom. The molecular formula is C15H18Cl2N4OS. The molecule has 1 amide bonds. The molecule has 23 heavy (non-hydrogen) atoms. The first-order valence-corrected chi connectivity index (χ1v) is 8.85. The third-order valence-electron chi connectivity index (χ3n) is 3.36. The molecule has 0 aliphatic carbocycles. The summed E-state index contributed by atoms with van der Waals surface area (Å²) in [4.78, 5) is 12.4. The van der Waals surface area contributed by atoms with Crippen LogP contribution in [0.15, 0.2) is 29.7 Å². The SMILES string of the molecule is CCn1cnnc1S[C@H](C)C(=O)N[C@@H](C)c1ccc(Cl)cc1Cl. The maximum atomic E-state index is 12.4. The van der Waals surface area contributed by atoms with Crippen molar-refractivity contribution >= 4 is 40.9 Å². The number of benzene rings is 1. The number of halogens is 2. The zero-order chi connectivity index (χ0) is 17.0. The first-order chi connectivity index (χ1) is 10.9. The second-order valence-electron chi connectivity index (χ2n) is 5.06. The maximum Gasteiger partial charge on any atom is 0.233 e. The van der Waals surface area contributed by atoms with E-state index in [4.69, 9.17) is 23.2 Å². The number of carbonyl (C=O) groups is 1. The van der Waals surface area contributed by atoms with Gasteiger partial charge in [-0.2, -0.15) is 0 Å². The number of aryl methyl sites for hydroxylation is 1. The molecule has 1 N–H and O–H groups in total. The van der Waals surface area contributed by atoms with Crippen LogP contribution in [0.4, 0.5) is 0 Å². The summed E-state index contributed by atoms with van der Waals surface area (Å²) in [6.45, 7) is 6.49. The van der Waals surface area contributed by atoms with Crippen molar-refractivity contribution in [2.45, 2.75) is 43.8 Å². The molecule has 2 aromatic rings. The molecule has 0 unspecified atom stereocenters. The molecule has 0 aliphatic rings. The van der Waals surface area contributed by atoms with E-state index in [1.165, 1.54) is 11.8 Å². The first kappa shape index (κ1) is 18.1. The number of thioether (sulfide) groups is 1. The van der Waals surface area contributed by atoms with Gasteiger partial charge in [-0.3, -0.25) is 4.79 Å². The van der Waals surface area contributed by atoms with Crippen molar-refractivity contribution in [3.8, 4) is 0 Å². The number of nitrogens with one attached hydrogen (secondary N) is 1. The van der Waals surface area contributed by atoms with Crippen LogP contribution in [0.25, 0.3) is 0 Å². The van der Waals surface area contributed by atoms with Gasteiger partial charge in [0.15, 0.2) is 5.16 Å². The van der Waals surface area contributed by atoms with Crippen molar-refractivity contribution in [3.05, 3.63) is 40.1 Å². The van der Waals surface area contributed by atoms with Gasteiger partial charge in [0.2, 0.25) is 5.91 Å². The van der Waals surface area contributed by atoms with Crippen LogP contribution < -0.4 is 5.32 Å². The minimum Gasteiger partial charge on any atom is -0.349 e. The number of aromatic nitrogens is 3. The fourth-order valence-corrected chi connectivity index (χ4v) is 3.49. The van der Waals surface area contributed by atoms with Gasteiger partial charge in [0.25, 0.3) is 0 Å². The van der Waals surface area contributed by atoms with Gasteiger partial charge in [0, 0.05) is 16.6 Å². The number of carbonyl (C=O) groups excluding carboxylic acids is 1. The Labute approximate surface area is 149 Å². The Morgan fingerprint density at radius 1 is 1.39 bits per heavy atom. The van der Waals surface area contributed by atoms with Crippen molar-refractivity contribution in [2.75, 3.05) is 0 Å². The van der Waals surface area contributed by atoms with Crippen LogP contribution >= 0.6 is 35.0 Å². The highest BCUT2D eigenvalue weighted by Crippen LogP contribution is 2.27. The maximum absolute atomic E-state index is 12.4. The van der Waals surface area contributed by atoms with E-state index in [0.717, 1.165) is 17.3 Å². The normalized spacial score (nSPS) is 13.6. The summed E-state index contributed by atoms with van der Waals surface area (Å²) in [5.74, 6) is -0.0841. The Balaban J connectivity index is 2.00. The van der Waals surface area contributed by atoms with E-state index >= 15 is 0 Å². The Hall–Kier alpha value is -1.24. The van der Waals surface area contributed by atoms with Gasteiger partial charge < -0.3 is 9.88 Å². The third kappa shape index (κ3) is 4.62. The molecule has 5 nitrogen and oxygen atoms in total. The summed E-state index contributed by atoms with van der Waals surface area (Å²) >= 11 is 13.5. The number of hydrogen-bond acceptors (Lipinski definition) is 4. The molecule has 0 saturated heterocycles. The van der Waals surface area contributed by atoms with E-state index < -0.39 is 0 Å². The minimum atomic E-state index is -0.293. The summed E-state index contributed by atoms with van der Waals surface area (Å²) in [7, 11) is 0. The van der Waals surface area contributed by atoms with Crippen LogP contribution in [0.2, 0.25) is 10.0 Å². The van der Waals surface area contributed by atoms with Crippen LogP contribution in [0.1, 0.15) is 32.4 Å². The lowest BCUT2D eigenvalue weighted by Crippen LogP contribution is -2.33. The fraction of sp³-hybridized carbons (Fsp3) is 0.400. The average molecular weight is 373 g/mol. The van der Waals surface area contributed by atoms with Crippen LogP contribution in [0.3, 0.4) is 0 Å². The number of amides is 1. The molecule has 124 valence electrons. The van der Waals surface area contributed by atoms with Crippen molar-refractivity contribution in [2.24, 2.45) is 0 Å². The van der Waals surface area contributed by atoms with E-state index in [2.05, 4.69) is 15.5 Å². The monoisotopic (exact) mass is 372 g/mol. The summed E-state index contributed by atoms with van der Waals surface area (Å²) in [6.07, 6.45) is 1.66. The summed E-state index contributed by atoms with van der Waals surface area (Å²) in [5, 5.41) is 12.4. The van der Waals surface area contributed by atoms with E-state index in [1.54, 1.807) is 18.5 Å². The fourth-order valence-electron chi connectivity index (χ4n) is 2.03. The topological polar surface area (TPSA) is 59.8 Å². The lowest BCUT2D eigenvalue weighted by molar-refractivity contribution is -0.120. The predicted molar refractivity (Wildman–Crippen MR) is 94.0 cm³/mol. The highest BCUT2D eigenvalue weighted by molar-refractivity contribution is 8.00. The van der Waals surface area contributed by atoms with Crippen LogP contribution in [-0.4, -0.2) is 25.9 Å². The Morgan fingerprint density at radius 3 is 2.78 bits per heavy atom. The molecule has 0 saturated carbocycles. The number of hydrogen-bond donors (Lipinski definition) is 1. The van der Waals surface area contributed by atoms with Crippen LogP contribution in [0, 0.1) is 0 Å². The van der Waals surface area contributed by atoms with E-state index in [-0.39, 0.29) is 17.2 Å². The van der Waals surface area contributed by atoms with Crippen LogP contribution in [-0.2, 0) is 11.3 Å². The molecule has 0 aliphatic heterocycles. The summed E-state index contributed by atoms with van der Waals surface area (Å²) in [6, 6.07) is 5.04. The molecule has 2 rings (SSSR count). The second-order valence-corrected chi connectivity index (χ2v) is 7.21. The minimum absolute atomic E-state index is 0.0841. The van der Waals surface area contributed by atoms with Gasteiger partial charge in [-0.1, -0.05) is 41.0 Å². The second kappa shape index (κ2) is 8.04. The molecule has 1 aromatic heterocycles.